The SMILES string of the molecule is O=C(O)CCC(Cc1ccc(Br)c(Cl)c1)NC(=O)OCC1c2ccccc2-c2ccccc21. The third-order valence-electron chi connectivity index (χ3n) is 5.84. The van der Waals surface area contributed by atoms with Crippen LogP contribution in [0.4, 0.5) is 4.79 Å². The number of ether oxygens (including phenoxy) is 1. The number of carbonyl (C=O) groups is 2. The van der Waals surface area contributed by atoms with Crippen LogP contribution in [0.5, 0.6) is 0 Å². The van der Waals surface area contributed by atoms with Gasteiger partial charge in [0.1, 0.15) is 6.61 Å². The van der Waals surface area contributed by atoms with E-state index in [1.807, 2.05) is 36.4 Å². The molecule has 7 heteroatoms. The molecule has 1 aliphatic carbocycles. The van der Waals surface area contributed by atoms with Gasteiger partial charge in [-0.05, 0) is 68.7 Å². The van der Waals surface area contributed by atoms with Crippen molar-refractivity contribution < 1.29 is 19.4 Å². The Morgan fingerprint density at radius 3 is 2.27 bits per heavy atom. The van der Waals surface area contributed by atoms with Crippen LogP contribution in [0.3, 0.4) is 0 Å². The minimum Gasteiger partial charge on any atom is -0.481 e. The van der Waals surface area contributed by atoms with Gasteiger partial charge in [0.2, 0.25) is 0 Å². The minimum atomic E-state index is -0.914. The van der Waals surface area contributed by atoms with Crippen LogP contribution in [-0.4, -0.2) is 29.8 Å². The van der Waals surface area contributed by atoms with Crippen molar-refractivity contribution in [2.75, 3.05) is 6.61 Å². The molecule has 0 heterocycles. The molecule has 0 spiro atoms. The molecule has 0 aromatic heterocycles. The Hall–Kier alpha value is -2.83. The zero-order valence-corrected chi connectivity index (χ0v) is 20.1. The second kappa shape index (κ2) is 10.4. The van der Waals surface area contributed by atoms with E-state index < -0.39 is 18.1 Å². The van der Waals surface area contributed by atoms with Crippen LogP contribution in [0.2, 0.25) is 5.02 Å². The largest absolute Gasteiger partial charge is 0.481 e. The molecule has 0 bridgehead atoms. The van der Waals surface area contributed by atoms with E-state index in [2.05, 4.69) is 45.5 Å². The molecule has 0 fully saturated rings. The van der Waals surface area contributed by atoms with Crippen molar-refractivity contribution in [3.63, 3.8) is 0 Å². The average Bonchev–Trinajstić information content (AvgIpc) is 3.12. The van der Waals surface area contributed by atoms with Crippen LogP contribution < -0.4 is 5.32 Å². The summed E-state index contributed by atoms with van der Waals surface area (Å²) in [5.74, 6) is -0.950. The normalized spacial score (nSPS) is 13.2. The van der Waals surface area contributed by atoms with Gasteiger partial charge < -0.3 is 15.2 Å². The fourth-order valence-corrected chi connectivity index (χ4v) is 4.73. The van der Waals surface area contributed by atoms with Crippen molar-refractivity contribution >= 4 is 39.6 Å². The first kappa shape index (κ1) is 23.3. The number of nitrogens with one attached hydrogen (secondary N) is 1. The van der Waals surface area contributed by atoms with Gasteiger partial charge in [0, 0.05) is 22.9 Å². The van der Waals surface area contributed by atoms with E-state index in [0.29, 0.717) is 11.4 Å². The third kappa shape index (κ3) is 5.57. The lowest BCUT2D eigenvalue weighted by molar-refractivity contribution is -0.137. The van der Waals surface area contributed by atoms with Crippen molar-refractivity contribution in [1.29, 1.82) is 0 Å². The Balaban J connectivity index is 1.43. The van der Waals surface area contributed by atoms with Crippen molar-refractivity contribution in [2.24, 2.45) is 0 Å². The highest BCUT2D eigenvalue weighted by Crippen LogP contribution is 2.44. The zero-order chi connectivity index (χ0) is 23.4. The quantitative estimate of drug-likeness (QED) is 0.354. The molecule has 33 heavy (non-hydrogen) atoms. The Kier molecular flexibility index (Phi) is 7.36. The number of halogens is 2. The highest BCUT2D eigenvalue weighted by Gasteiger charge is 2.29. The third-order valence-corrected chi connectivity index (χ3v) is 7.07. The van der Waals surface area contributed by atoms with Gasteiger partial charge in [0.05, 0.1) is 5.02 Å². The molecular formula is C26H23BrClNO4. The molecule has 0 saturated heterocycles. The lowest BCUT2D eigenvalue weighted by atomic mass is 9.98. The van der Waals surface area contributed by atoms with Crippen molar-refractivity contribution in [1.82, 2.24) is 5.32 Å². The van der Waals surface area contributed by atoms with E-state index in [9.17, 15) is 9.59 Å². The number of alkyl carbamates (subject to hydrolysis) is 1. The van der Waals surface area contributed by atoms with Crippen LogP contribution in [0.25, 0.3) is 11.1 Å². The molecule has 2 N–H and O–H groups in total. The lowest BCUT2D eigenvalue weighted by Gasteiger charge is -2.20. The number of amides is 1. The number of aliphatic carboxylic acids is 1. The number of rotatable bonds is 8. The highest BCUT2D eigenvalue weighted by atomic mass is 79.9. The van der Waals surface area contributed by atoms with Gasteiger partial charge in [-0.25, -0.2) is 4.79 Å². The first-order chi connectivity index (χ1) is 15.9. The molecule has 1 atom stereocenters. The van der Waals surface area contributed by atoms with Gasteiger partial charge in [-0.3, -0.25) is 4.79 Å². The summed E-state index contributed by atoms with van der Waals surface area (Å²) in [5, 5.41) is 12.5. The standard InChI is InChI=1S/C26H23BrClNO4/c27-23-11-9-16(14-24(23)28)13-17(10-12-25(30)31)29-26(32)33-15-22-20-7-3-1-5-18(20)19-6-2-4-8-21(19)22/h1-9,11,14,17,22H,10,12-13,15H2,(H,29,32)(H,30,31). The van der Waals surface area contributed by atoms with Crippen LogP contribution in [0, 0.1) is 0 Å². The van der Waals surface area contributed by atoms with Gasteiger partial charge >= 0.3 is 12.1 Å². The van der Waals surface area contributed by atoms with Gasteiger partial charge in [-0.2, -0.15) is 0 Å². The summed E-state index contributed by atoms with van der Waals surface area (Å²) in [6.07, 6.45) is 0.117. The lowest BCUT2D eigenvalue weighted by Crippen LogP contribution is -2.37. The Morgan fingerprint density at radius 1 is 1.03 bits per heavy atom. The second-order valence-electron chi connectivity index (χ2n) is 8.05. The summed E-state index contributed by atoms with van der Waals surface area (Å²) in [6, 6.07) is 21.4. The van der Waals surface area contributed by atoms with Crippen LogP contribution in [0.15, 0.2) is 71.2 Å². The molecule has 5 nitrogen and oxygen atoms in total. The first-order valence-electron chi connectivity index (χ1n) is 10.7. The van der Waals surface area contributed by atoms with Gasteiger partial charge in [-0.15, -0.1) is 0 Å². The van der Waals surface area contributed by atoms with E-state index in [0.717, 1.165) is 32.3 Å². The first-order valence-corrected chi connectivity index (χ1v) is 11.9. The maximum absolute atomic E-state index is 12.7. The van der Waals surface area contributed by atoms with Crippen molar-refractivity contribution in [2.45, 2.75) is 31.2 Å². The topological polar surface area (TPSA) is 75.6 Å². The van der Waals surface area contributed by atoms with Crippen molar-refractivity contribution in [3.05, 3.63) is 92.9 Å². The van der Waals surface area contributed by atoms with E-state index in [1.54, 1.807) is 6.07 Å². The zero-order valence-electron chi connectivity index (χ0n) is 17.8. The molecule has 0 radical (unpaired) electrons. The van der Waals surface area contributed by atoms with Crippen molar-refractivity contribution in [3.8, 4) is 11.1 Å². The summed E-state index contributed by atoms with van der Waals surface area (Å²) >= 11 is 9.54. The number of carbonyl (C=O) groups excluding carboxylic acids is 1. The van der Waals surface area contributed by atoms with Crippen LogP contribution >= 0.6 is 27.5 Å². The maximum atomic E-state index is 12.7. The Labute approximate surface area is 205 Å². The van der Waals surface area contributed by atoms with E-state index in [1.165, 1.54) is 0 Å². The summed E-state index contributed by atoms with van der Waals surface area (Å²) < 4.78 is 6.40. The van der Waals surface area contributed by atoms with E-state index >= 15 is 0 Å². The fraction of sp³-hybridized carbons (Fsp3) is 0.231. The number of carboxylic acids is 1. The predicted octanol–water partition coefficient (Wildman–Crippen LogP) is 6.42. The molecule has 170 valence electrons. The summed E-state index contributed by atoms with van der Waals surface area (Å²) in [6.45, 7) is 0.204. The number of fused-ring (bicyclic) bond motifs is 3. The molecular weight excluding hydrogens is 506 g/mol. The summed E-state index contributed by atoms with van der Waals surface area (Å²) in [7, 11) is 0. The Morgan fingerprint density at radius 2 is 1.67 bits per heavy atom. The molecule has 1 unspecified atom stereocenters. The molecule has 1 aliphatic rings. The fourth-order valence-electron chi connectivity index (χ4n) is 4.28. The highest BCUT2D eigenvalue weighted by molar-refractivity contribution is 9.10. The Bertz CT molecular complexity index is 1140. The van der Waals surface area contributed by atoms with Gasteiger partial charge in [-0.1, -0.05) is 66.2 Å². The predicted molar refractivity (Wildman–Crippen MR) is 132 cm³/mol. The molecule has 0 saturated carbocycles. The summed E-state index contributed by atoms with van der Waals surface area (Å²) in [4.78, 5) is 23.8. The van der Waals surface area contributed by atoms with Crippen LogP contribution in [-0.2, 0) is 16.0 Å². The number of hydrogen-bond donors (Lipinski definition) is 2. The summed E-state index contributed by atoms with van der Waals surface area (Å²) in [5.41, 5.74) is 5.50. The smallest absolute Gasteiger partial charge is 0.407 e. The average molecular weight is 529 g/mol. The van der Waals surface area contributed by atoms with Crippen LogP contribution in [0.1, 0.15) is 35.4 Å². The number of hydrogen-bond acceptors (Lipinski definition) is 3. The second-order valence-corrected chi connectivity index (χ2v) is 9.31. The molecule has 1 amide bonds. The van der Waals surface area contributed by atoms with Gasteiger partial charge in [0.15, 0.2) is 0 Å². The number of benzene rings is 3. The van der Waals surface area contributed by atoms with Gasteiger partial charge in [0.25, 0.3) is 0 Å². The number of carboxylic acid groups (broad SMARTS) is 1. The molecule has 0 aliphatic heterocycles. The monoisotopic (exact) mass is 527 g/mol. The molecule has 3 aromatic carbocycles. The van der Waals surface area contributed by atoms with E-state index in [4.69, 9.17) is 21.4 Å². The maximum Gasteiger partial charge on any atom is 0.407 e. The molecule has 3 aromatic rings. The minimum absolute atomic E-state index is 0.0362. The van der Waals surface area contributed by atoms with E-state index in [-0.39, 0.29) is 25.4 Å². The molecule has 4 rings (SSSR count).